The average Bonchev–Trinajstić information content (AvgIpc) is 2.57. The number of hydrogen-bond donors (Lipinski definition) is 1. The lowest BCUT2D eigenvalue weighted by atomic mass is 10.4. The van der Waals surface area contributed by atoms with Crippen molar-refractivity contribution >= 4 is 16.9 Å². The van der Waals surface area contributed by atoms with E-state index in [2.05, 4.69) is 15.1 Å². The van der Waals surface area contributed by atoms with Crippen molar-refractivity contribution in [2.45, 2.75) is 20.8 Å². The molecule has 6 nitrogen and oxygen atoms in total. The Morgan fingerprint density at radius 1 is 1.19 bits per heavy atom. The van der Waals surface area contributed by atoms with Crippen LogP contribution in [0, 0.1) is 6.92 Å². The molecule has 0 amide bonds. The predicted octanol–water partition coefficient (Wildman–Crippen LogP) is 1.29. The molecule has 6 heteroatoms. The van der Waals surface area contributed by atoms with Crippen LogP contribution in [0.15, 0.2) is 0 Å². The molecule has 2 heterocycles. The molecule has 0 atom stereocenters. The molecule has 0 saturated carbocycles. The molecule has 0 bridgehead atoms. The minimum Gasteiger partial charge on any atom is -0.480 e. The quantitative estimate of drug-likeness (QED) is 0.788. The first kappa shape index (κ1) is 12.2. The number of methoxy groups -OCH3 is 1. The maximum atomic E-state index is 5.71. The van der Waals surface area contributed by atoms with Crippen LogP contribution in [0.4, 0.5) is 5.82 Å². The third kappa shape index (κ3) is 1.91. The number of rotatable bonds is 1. The zero-order valence-electron chi connectivity index (χ0n) is 10.3. The average molecular weight is 223 g/mol. The molecule has 88 valence electrons. The normalized spacial score (nSPS) is 9.81. The Morgan fingerprint density at radius 3 is 2.38 bits per heavy atom. The Morgan fingerprint density at radius 2 is 1.81 bits per heavy atom. The van der Waals surface area contributed by atoms with Crippen LogP contribution in [0.25, 0.3) is 11.0 Å². The Labute approximate surface area is 94.4 Å². The molecule has 0 unspecified atom stereocenters. The summed E-state index contributed by atoms with van der Waals surface area (Å²) in [5.41, 5.74) is 6.94. The maximum absolute atomic E-state index is 5.71. The summed E-state index contributed by atoms with van der Waals surface area (Å²) in [5, 5.41) is 4.17. The number of nitrogens with two attached hydrogens (primary N) is 1. The van der Waals surface area contributed by atoms with Gasteiger partial charge in [0.15, 0.2) is 16.9 Å². The second-order valence-electron chi connectivity index (χ2n) is 2.99. The predicted molar refractivity (Wildman–Crippen MR) is 63.4 cm³/mol. The van der Waals surface area contributed by atoms with Crippen LogP contribution >= 0.6 is 0 Å². The van der Waals surface area contributed by atoms with Gasteiger partial charge in [-0.3, -0.25) is 0 Å². The first-order valence-electron chi connectivity index (χ1n) is 5.14. The van der Waals surface area contributed by atoms with Crippen LogP contribution in [-0.4, -0.2) is 26.9 Å². The largest absolute Gasteiger partial charge is 0.480 e. The third-order valence-electron chi connectivity index (χ3n) is 1.96. The molecule has 0 aromatic carbocycles. The Hall–Kier alpha value is -1.85. The molecule has 0 aliphatic carbocycles. The van der Waals surface area contributed by atoms with Crippen molar-refractivity contribution < 1.29 is 4.74 Å². The summed E-state index contributed by atoms with van der Waals surface area (Å²) in [4.78, 5) is 8.25. The van der Waals surface area contributed by atoms with Crippen LogP contribution in [0.5, 0.6) is 5.88 Å². The van der Waals surface area contributed by atoms with Gasteiger partial charge in [-0.1, -0.05) is 13.8 Å². The molecule has 0 fully saturated rings. The number of nitrogen functional groups attached to an aromatic ring is 1. The van der Waals surface area contributed by atoms with Crippen LogP contribution in [0.2, 0.25) is 0 Å². The second kappa shape index (κ2) is 4.78. The summed E-state index contributed by atoms with van der Waals surface area (Å²) in [7, 11) is 3.35. The van der Waals surface area contributed by atoms with Crippen molar-refractivity contribution in [3.63, 3.8) is 0 Å². The highest BCUT2D eigenvalue weighted by molar-refractivity contribution is 5.87. The molecule has 16 heavy (non-hydrogen) atoms. The lowest BCUT2D eigenvalue weighted by Gasteiger charge is -1.98. The zero-order valence-corrected chi connectivity index (χ0v) is 10.3. The molecular formula is C10H17N5O. The van der Waals surface area contributed by atoms with Gasteiger partial charge in [0.2, 0.25) is 5.88 Å². The Balaban J connectivity index is 0.000000606. The van der Waals surface area contributed by atoms with E-state index in [-0.39, 0.29) is 0 Å². The fourth-order valence-electron chi connectivity index (χ4n) is 1.41. The smallest absolute Gasteiger partial charge is 0.238 e. The first-order valence-corrected chi connectivity index (χ1v) is 5.14. The van der Waals surface area contributed by atoms with E-state index in [1.807, 2.05) is 13.8 Å². The van der Waals surface area contributed by atoms with E-state index < -0.39 is 0 Å². The van der Waals surface area contributed by atoms with E-state index in [1.54, 1.807) is 25.8 Å². The molecule has 0 saturated heterocycles. The SMILES string of the molecule is CC.COc1c2nc(C)nc(N)c2nn1C. The molecule has 2 N–H and O–H groups in total. The zero-order chi connectivity index (χ0) is 12.3. The molecule has 2 aromatic rings. The fourth-order valence-corrected chi connectivity index (χ4v) is 1.41. The molecular weight excluding hydrogens is 206 g/mol. The molecule has 2 rings (SSSR count). The first-order chi connectivity index (χ1) is 7.63. The lowest BCUT2D eigenvalue weighted by Crippen LogP contribution is -1.96. The van der Waals surface area contributed by atoms with Crippen LogP contribution in [0.1, 0.15) is 19.7 Å². The third-order valence-corrected chi connectivity index (χ3v) is 1.96. The summed E-state index contributed by atoms with van der Waals surface area (Å²) in [6.07, 6.45) is 0. The molecule has 2 aromatic heterocycles. The highest BCUT2D eigenvalue weighted by atomic mass is 16.5. The minimum atomic E-state index is 0.381. The number of aromatic nitrogens is 4. The number of fused-ring (bicyclic) bond motifs is 1. The van der Waals surface area contributed by atoms with Crippen LogP contribution in [-0.2, 0) is 7.05 Å². The van der Waals surface area contributed by atoms with E-state index >= 15 is 0 Å². The van der Waals surface area contributed by atoms with Gasteiger partial charge in [-0.25, -0.2) is 14.6 Å². The highest BCUT2D eigenvalue weighted by Gasteiger charge is 2.14. The van der Waals surface area contributed by atoms with Gasteiger partial charge >= 0.3 is 0 Å². The van der Waals surface area contributed by atoms with Crippen LogP contribution in [0.3, 0.4) is 0 Å². The fraction of sp³-hybridized carbons (Fsp3) is 0.500. The standard InChI is InChI=1S/C8H11N5O.C2H6/c1-4-10-6-5(7(9)11-4)12-13(2)8(6)14-3;1-2/h1-3H3,(H2,9,10,11);1-2H3. The summed E-state index contributed by atoms with van der Waals surface area (Å²) >= 11 is 0. The van der Waals surface area contributed by atoms with Crippen molar-refractivity contribution in [2.24, 2.45) is 7.05 Å². The maximum Gasteiger partial charge on any atom is 0.238 e. The van der Waals surface area contributed by atoms with Gasteiger partial charge < -0.3 is 10.5 Å². The number of aryl methyl sites for hydroxylation is 2. The van der Waals surface area contributed by atoms with Gasteiger partial charge in [0.25, 0.3) is 0 Å². The molecule has 0 aliphatic rings. The molecule has 0 spiro atoms. The summed E-state index contributed by atoms with van der Waals surface area (Å²) in [5.74, 6) is 1.59. The van der Waals surface area contributed by atoms with Gasteiger partial charge in [-0.2, -0.15) is 5.10 Å². The van der Waals surface area contributed by atoms with Crippen molar-refractivity contribution in [2.75, 3.05) is 12.8 Å². The minimum absolute atomic E-state index is 0.381. The van der Waals surface area contributed by atoms with E-state index in [1.165, 1.54) is 0 Å². The van der Waals surface area contributed by atoms with Gasteiger partial charge in [-0.05, 0) is 6.92 Å². The number of ether oxygens (including phenoxy) is 1. The molecule has 0 aliphatic heterocycles. The van der Waals surface area contributed by atoms with E-state index in [0.29, 0.717) is 28.6 Å². The summed E-state index contributed by atoms with van der Waals surface area (Å²) in [6, 6.07) is 0. The van der Waals surface area contributed by atoms with Gasteiger partial charge in [0.1, 0.15) is 5.82 Å². The van der Waals surface area contributed by atoms with Crippen molar-refractivity contribution in [1.82, 2.24) is 19.7 Å². The lowest BCUT2D eigenvalue weighted by molar-refractivity contribution is 0.377. The van der Waals surface area contributed by atoms with E-state index in [4.69, 9.17) is 10.5 Å². The number of hydrogen-bond acceptors (Lipinski definition) is 5. The Bertz CT molecular complexity index is 491. The highest BCUT2D eigenvalue weighted by Crippen LogP contribution is 2.25. The van der Waals surface area contributed by atoms with Crippen molar-refractivity contribution in [3.05, 3.63) is 5.82 Å². The summed E-state index contributed by atoms with van der Waals surface area (Å²) in [6.45, 7) is 5.78. The van der Waals surface area contributed by atoms with Gasteiger partial charge in [-0.15, -0.1) is 0 Å². The topological polar surface area (TPSA) is 78.8 Å². The van der Waals surface area contributed by atoms with Gasteiger partial charge in [0.05, 0.1) is 7.11 Å². The second-order valence-corrected chi connectivity index (χ2v) is 2.99. The van der Waals surface area contributed by atoms with E-state index in [9.17, 15) is 0 Å². The van der Waals surface area contributed by atoms with E-state index in [0.717, 1.165) is 0 Å². The monoisotopic (exact) mass is 223 g/mol. The van der Waals surface area contributed by atoms with Crippen LogP contribution < -0.4 is 10.5 Å². The summed E-state index contributed by atoms with van der Waals surface area (Å²) < 4.78 is 6.76. The number of nitrogens with zero attached hydrogens (tertiary/aromatic N) is 4. The van der Waals surface area contributed by atoms with Crippen molar-refractivity contribution in [1.29, 1.82) is 0 Å². The number of anilines is 1. The van der Waals surface area contributed by atoms with Crippen molar-refractivity contribution in [3.8, 4) is 5.88 Å². The van der Waals surface area contributed by atoms with Gasteiger partial charge in [0, 0.05) is 7.05 Å². The molecule has 0 radical (unpaired) electrons. The Kier molecular flexibility index (Phi) is 3.65.